The lowest BCUT2D eigenvalue weighted by molar-refractivity contribution is 0.0618. The monoisotopic (exact) mass is 401 g/mol. The van der Waals surface area contributed by atoms with Gasteiger partial charge in [-0.25, -0.2) is 0 Å². The standard InChI is InChI=1S/C22H27NO6/c1-22(29-6,15-7-8-16(25-2)20(28-5)19(15)24)21-14-12-18(27-4)17(26-3)11-13(14)9-10-23-21/h7-8,11-12,24H,9-10H2,1-6H3/t22-/m0/s1. The molecule has 1 atom stereocenters. The molecule has 0 spiro atoms. The molecule has 2 aromatic carbocycles. The third kappa shape index (κ3) is 3.35. The summed E-state index contributed by atoms with van der Waals surface area (Å²) >= 11 is 0. The normalized spacial score (nSPS) is 15.0. The minimum Gasteiger partial charge on any atom is -0.504 e. The quantitative estimate of drug-likeness (QED) is 0.767. The summed E-state index contributed by atoms with van der Waals surface area (Å²) in [5, 5.41) is 10.9. The highest BCUT2D eigenvalue weighted by atomic mass is 16.5. The van der Waals surface area contributed by atoms with E-state index in [2.05, 4.69) is 0 Å². The van der Waals surface area contributed by atoms with Gasteiger partial charge in [-0.05, 0) is 43.2 Å². The molecule has 3 rings (SSSR count). The molecule has 0 aliphatic carbocycles. The van der Waals surface area contributed by atoms with Crippen molar-refractivity contribution in [3.05, 3.63) is 41.0 Å². The molecule has 0 fully saturated rings. The SMILES string of the molecule is COc1cc2c(cc1OC)C([C@@](C)(OC)c1ccc(OC)c(OC)c1O)=NCC2. The van der Waals surface area contributed by atoms with E-state index >= 15 is 0 Å². The highest BCUT2D eigenvalue weighted by molar-refractivity contribution is 6.09. The predicted octanol–water partition coefficient (Wildman–Crippen LogP) is 3.33. The summed E-state index contributed by atoms with van der Waals surface area (Å²) in [7, 11) is 7.81. The fourth-order valence-electron chi connectivity index (χ4n) is 3.76. The molecule has 0 saturated heterocycles. The van der Waals surface area contributed by atoms with Gasteiger partial charge >= 0.3 is 0 Å². The molecule has 0 radical (unpaired) electrons. The van der Waals surface area contributed by atoms with Crippen LogP contribution in [0.5, 0.6) is 28.7 Å². The largest absolute Gasteiger partial charge is 0.504 e. The summed E-state index contributed by atoms with van der Waals surface area (Å²) in [5.41, 5.74) is 2.17. The molecule has 0 saturated carbocycles. The van der Waals surface area contributed by atoms with Gasteiger partial charge in [0.25, 0.3) is 0 Å². The number of ether oxygens (including phenoxy) is 5. The summed E-state index contributed by atoms with van der Waals surface area (Å²) in [4.78, 5) is 4.77. The summed E-state index contributed by atoms with van der Waals surface area (Å²) in [6, 6.07) is 7.37. The number of phenolic OH excluding ortho intramolecular Hbond substituents is 1. The van der Waals surface area contributed by atoms with Crippen LogP contribution in [0.4, 0.5) is 0 Å². The molecule has 1 N–H and O–H groups in total. The molecule has 0 bridgehead atoms. The summed E-state index contributed by atoms with van der Waals surface area (Å²) in [6.45, 7) is 2.48. The fourth-order valence-corrected chi connectivity index (χ4v) is 3.76. The highest BCUT2D eigenvalue weighted by Crippen LogP contribution is 2.46. The zero-order chi connectivity index (χ0) is 21.2. The van der Waals surface area contributed by atoms with E-state index in [1.54, 1.807) is 33.5 Å². The number of methoxy groups -OCH3 is 5. The van der Waals surface area contributed by atoms with Gasteiger partial charge in [0.05, 0.1) is 34.2 Å². The Morgan fingerprint density at radius 3 is 2.14 bits per heavy atom. The third-order valence-corrected chi connectivity index (χ3v) is 5.41. The van der Waals surface area contributed by atoms with E-state index in [-0.39, 0.29) is 11.5 Å². The van der Waals surface area contributed by atoms with Gasteiger partial charge in [0.2, 0.25) is 5.75 Å². The molecule has 1 aliphatic rings. The molecule has 0 aromatic heterocycles. The Kier molecular flexibility index (Phi) is 5.88. The van der Waals surface area contributed by atoms with Crippen LogP contribution < -0.4 is 18.9 Å². The van der Waals surface area contributed by atoms with Crippen molar-refractivity contribution in [3.63, 3.8) is 0 Å². The van der Waals surface area contributed by atoms with Crippen LogP contribution in [0.2, 0.25) is 0 Å². The number of hydrogen-bond acceptors (Lipinski definition) is 7. The van der Waals surface area contributed by atoms with Crippen molar-refractivity contribution in [2.75, 3.05) is 42.1 Å². The number of benzene rings is 2. The van der Waals surface area contributed by atoms with E-state index in [0.717, 1.165) is 17.5 Å². The number of fused-ring (bicyclic) bond motifs is 1. The minimum atomic E-state index is -1.03. The van der Waals surface area contributed by atoms with E-state index in [1.807, 2.05) is 19.1 Å². The summed E-state index contributed by atoms with van der Waals surface area (Å²) in [5.74, 6) is 1.91. The van der Waals surface area contributed by atoms with Crippen molar-refractivity contribution in [3.8, 4) is 28.7 Å². The fraction of sp³-hybridized carbons (Fsp3) is 0.409. The Labute approximate surface area is 170 Å². The molecule has 156 valence electrons. The molecule has 1 heterocycles. The number of aromatic hydroxyl groups is 1. The van der Waals surface area contributed by atoms with Crippen molar-refractivity contribution >= 4 is 5.71 Å². The van der Waals surface area contributed by atoms with Crippen LogP contribution >= 0.6 is 0 Å². The van der Waals surface area contributed by atoms with Crippen LogP contribution in [0, 0.1) is 0 Å². The number of rotatable bonds is 7. The third-order valence-electron chi connectivity index (χ3n) is 5.41. The molecule has 7 heteroatoms. The number of aliphatic imine (C=N–C) groups is 1. The second-order valence-corrected chi connectivity index (χ2v) is 6.78. The Morgan fingerprint density at radius 1 is 0.897 bits per heavy atom. The zero-order valence-corrected chi connectivity index (χ0v) is 17.7. The van der Waals surface area contributed by atoms with Gasteiger partial charge in [-0.2, -0.15) is 0 Å². The van der Waals surface area contributed by atoms with E-state index in [1.165, 1.54) is 14.2 Å². The molecular formula is C22H27NO6. The summed E-state index contributed by atoms with van der Waals surface area (Å²) in [6.07, 6.45) is 0.775. The second kappa shape index (κ2) is 8.21. The average Bonchev–Trinajstić information content (AvgIpc) is 2.76. The van der Waals surface area contributed by atoms with Crippen LogP contribution in [-0.4, -0.2) is 52.9 Å². The van der Waals surface area contributed by atoms with Gasteiger partial charge in [0.1, 0.15) is 5.60 Å². The minimum absolute atomic E-state index is 0.0495. The Morgan fingerprint density at radius 2 is 1.55 bits per heavy atom. The number of phenols is 1. The van der Waals surface area contributed by atoms with Crippen molar-refractivity contribution in [1.82, 2.24) is 0 Å². The maximum Gasteiger partial charge on any atom is 0.203 e. The zero-order valence-electron chi connectivity index (χ0n) is 17.7. The maximum atomic E-state index is 10.9. The van der Waals surface area contributed by atoms with Crippen molar-refractivity contribution in [1.29, 1.82) is 0 Å². The van der Waals surface area contributed by atoms with Crippen molar-refractivity contribution in [2.45, 2.75) is 18.9 Å². The summed E-state index contributed by atoms with van der Waals surface area (Å²) < 4.78 is 27.5. The molecule has 29 heavy (non-hydrogen) atoms. The van der Waals surface area contributed by atoms with Crippen molar-refractivity contribution < 1.29 is 28.8 Å². The van der Waals surface area contributed by atoms with Gasteiger partial charge in [-0.1, -0.05) is 0 Å². The molecule has 0 unspecified atom stereocenters. The lowest BCUT2D eigenvalue weighted by Gasteiger charge is -2.34. The molecule has 1 aliphatic heterocycles. The molecular weight excluding hydrogens is 374 g/mol. The Hall–Kier alpha value is -2.93. The first-order valence-electron chi connectivity index (χ1n) is 9.24. The van der Waals surface area contributed by atoms with Crippen molar-refractivity contribution in [2.24, 2.45) is 4.99 Å². The van der Waals surface area contributed by atoms with Crippen LogP contribution in [0.3, 0.4) is 0 Å². The van der Waals surface area contributed by atoms with Crippen LogP contribution in [0.25, 0.3) is 0 Å². The first kappa shape index (κ1) is 20.8. The van der Waals surface area contributed by atoms with E-state index in [0.29, 0.717) is 35.1 Å². The first-order valence-corrected chi connectivity index (χ1v) is 9.24. The van der Waals surface area contributed by atoms with Gasteiger partial charge in [0, 0.05) is 24.8 Å². The Balaban J connectivity index is 2.20. The van der Waals surface area contributed by atoms with Gasteiger partial charge in [-0.3, -0.25) is 4.99 Å². The van der Waals surface area contributed by atoms with Gasteiger partial charge in [-0.15, -0.1) is 0 Å². The van der Waals surface area contributed by atoms with E-state index in [9.17, 15) is 5.11 Å². The average molecular weight is 401 g/mol. The van der Waals surface area contributed by atoms with Crippen LogP contribution in [0.1, 0.15) is 23.6 Å². The highest BCUT2D eigenvalue weighted by Gasteiger charge is 2.40. The smallest absolute Gasteiger partial charge is 0.203 e. The first-order chi connectivity index (χ1) is 13.9. The number of nitrogens with zero attached hydrogens (tertiary/aromatic N) is 1. The molecule has 7 nitrogen and oxygen atoms in total. The van der Waals surface area contributed by atoms with Gasteiger partial charge < -0.3 is 28.8 Å². The number of hydrogen-bond donors (Lipinski definition) is 1. The van der Waals surface area contributed by atoms with E-state index < -0.39 is 5.60 Å². The van der Waals surface area contributed by atoms with Gasteiger partial charge in [0.15, 0.2) is 23.0 Å². The second-order valence-electron chi connectivity index (χ2n) is 6.78. The lowest BCUT2D eigenvalue weighted by Crippen LogP contribution is -2.38. The predicted molar refractivity (Wildman–Crippen MR) is 110 cm³/mol. The van der Waals surface area contributed by atoms with Crippen LogP contribution in [-0.2, 0) is 16.8 Å². The Bertz CT molecular complexity index is 939. The topological polar surface area (TPSA) is 78.7 Å². The molecule has 0 amide bonds. The molecule has 2 aromatic rings. The maximum absolute atomic E-state index is 10.9. The van der Waals surface area contributed by atoms with E-state index in [4.69, 9.17) is 28.7 Å². The lowest BCUT2D eigenvalue weighted by atomic mass is 9.82. The van der Waals surface area contributed by atoms with Crippen LogP contribution in [0.15, 0.2) is 29.3 Å².